The van der Waals surface area contributed by atoms with E-state index >= 15 is 0 Å². The monoisotopic (exact) mass is 453 g/mol. The molecular formula is C24H34F3N3O2. The molecule has 1 amide bonds. The van der Waals surface area contributed by atoms with Crippen molar-refractivity contribution in [2.24, 2.45) is 0 Å². The number of alkyl halides is 3. The van der Waals surface area contributed by atoms with Crippen LogP contribution in [0.2, 0.25) is 0 Å². The van der Waals surface area contributed by atoms with Gasteiger partial charge >= 0.3 is 12.3 Å². The summed E-state index contributed by atoms with van der Waals surface area (Å²) in [4.78, 5) is 18.7. The quantitative estimate of drug-likeness (QED) is 0.635. The summed E-state index contributed by atoms with van der Waals surface area (Å²) in [5, 5.41) is 0. The zero-order chi connectivity index (χ0) is 22.9. The molecule has 1 atom stereocenters. The number of halogens is 3. The highest BCUT2D eigenvalue weighted by molar-refractivity contribution is 5.68. The van der Waals surface area contributed by atoms with E-state index in [0.29, 0.717) is 13.1 Å². The summed E-state index contributed by atoms with van der Waals surface area (Å²) < 4.78 is 42.9. The average molecular weight is 454 g/mol. The molecule has 0 aromatic heterocycles. The van der Waals surface area contributed by atoms with Crippen molar-refractivity contribution >= 4 is 11.8 Å². The standard InChI is InChI=1S/C24H34F3N3O2/c1-18-6-7-20(21(16-18)28-11-3-4-12-28)17-30-13-5-8-23(30)9-14-29(15-10-23)22(31)32-19(2)24(25,26)27/h6-7,16,19H,3-5,8-15,17H2,1-2H3. The van der Waals surface area contributed by atoms with Crippen LogP contribution in [0.3, 0.4) is 0 Å². The van der Waals surface area contributed by atoms with Crippen LogP contribution in [0.25, 0.3) is 0 Å². The molecule has 3 heterocycles. The number of anilines is 1. The number of likely N-dealkylation sites (tertiary alicyclic amines) is 2. The lowest BCUT2D eigenvalue weighted by Gasteiger charge is -2.45. The highest BCUT2D eigenvalue weighted by atomic mass is 19.4. The van der Waals surface area contributed by atoms with E-state index in [1.54, 1.807) is 0 Å². The molecule has 0 radical (unpaired) electrons. The summed E-state index contributed by atoms with van der Waals surface area (Å²) in [6, 6.07) is 6.72. The maximum Gasteiger partial charge on any atom is 0.425 e. The molecule has 3 saturated heterocycles. The van der Waals surface area contributed by atoms with E-state index in [9.17, 15) is 18.0 Å². The summed E-state index contributed by atoms with van der Waals surface area (Å²) in [6.45, 7) is 7.99. The molecule has 5 nitrogen and oxygen atoms in total. The number of carbonyl (C=O) groups is 1. The van der Waals surface area contributed by atoms with Crippen LogP contribution in [0.1, 0.15) is 56.6 Å². The van der Waals surface area contributed by atoms with Gasteiger partial charge in [0.05, 0.1) is 0 Å². The van der Waals surface area contributed by atoms with Crippen molar-refractivity contribution in [1.29, 1.82) is 0 Å². The molecule has 1 aromatic carbocycles. The van der Waals surface area contributed by atoms with Crippen molar-refractivity contribution < 1.29 is 22.7 Å². The zero-order valence-electron chi connectivity index (χ0n) is 19.1. The first-order valence-electron chi connectivity index (χ1n) is 11.8. The summed E-state index contributed by atoms with van der Waals surface area (Å²) in [7, 11) is 0. The Morgan fingerprint density at radius 1 is 1.06 bits per heavy atom. The highest BCUT2D eigenvalue weighted by Crippen LogP contribution is 2.41. The average Bonchev–Trinajstić information content (AvgIpc) is 3.40. The molecular weight excluding hydrogens is 419 g/mol. The fourth-order valence-electron chi connectivity index (χ4n) is 5.47. The van der Waals surface area contributed by atoms with E-state index in [-0.39, 0.29) is 5.54 Å². The number of amides is 1. The number of hydrogen-bond acceptors (Lipinski definition) is 4. The Kier molecular flexibility index (Phi) is 6.61. The molecule has 0 aliphatic carbocycles. The van der Waals surface area contributed by atoms with Gasteiger partial charge in [-0.15, -0.1) is 0 Å². The van der Waals surface area contributed by atoms with Crippen LogP contribution in [0.15, 0.2) is 18.2 Å². The summed E-state index contributed by atoms with van der Waals surface area (Å²) in [5.41, 5.74) is 3.97. The Bertz CT molecular complexity index is 815. The Labute approximate surface area is 188 Å². The first-order chi connectivity index (χ1) is 15.2. The third-order valence-corrected chi connectivity index (χ3v) is 7.48. The molecule has 1 unspecified atom stereocenters. The second kappa shape index (κ2) is 9.12. The van der Waals surface area contributed by atoms with Crippen LogP contribution in [-0.2, 0) is 11.3 Å². The number of ether oxygens (including phenoxy) is 1. The molecule has 0 N–H and O–H groups in total. The Balaban J connectivity index is 1.41. The van der Waals surface area contributed by atoms with Crippen LogP contribution in [0, 0.1) is 6.92 Å². The van der Waals surface area contributed by atoms with Gasteiger partial charge in [0.25, 0.3) is 0 Å². The van der Waals surface area contributed by atoms with Crippen LogP contribution < -0.4 is 4.90 Å². The number of rotatable bonds is 4. The molecule has 0 bridgehead atoms. The lowest BCUT2D eigenvalue weighted by atomic mass is 9.84. The maximum atomic E-state index is 12.7. The van der Waals surface area contributed by atoms with E-state index in [2.05, 4.69) is 39.7 Å². The molecule has 8 heteroatoms. The van der Waals surface area contributed by atoms with Gasteiger partial charge in [0.1, 0.15) is 0 Å². The summed E-state index contributed by atoms with van der Waals surface area (Å²) >= 11 is 0. The summed E-state index contributed by atoms with van der Waals surface area (Å²) in [5.74, 6) is 0. The number of hydrogen-bond donors (Lipinski definition) is 0. The SMILES string of the molecule is Cc1ccc(CN2CCCC23CCN(C(=O)OC(C)C(F)(F)F)CC3)c(N2CCCC2)c1. The van der Waals surface area contributed by atoms with E-state index in [0.717, 1.165) is 58.8 Å². The first-order valence-corrected chi connectivity index (χ1v) is 11.8. The van der Waals surface area contributed by atoms with Crippen molar-refractivity contribution in [1.82, 2.24) is 9.80 Å². The van der Waals surface area contributed by atoms with Crippen LogP contribution in [-0.4, -0.2) is 66.4 Å². The molecule has 3 aliphatic heterocycles. The van der Waals surface area contributed by atoms with Crippen molar-refractivity contribution in [3.8, 4) is 0 Å². The molecule has 0 saturated carbocycles. The van der Waals surface area contributed by atoms with Gasteiger partial charge < -0.3 is 14.5 Å². The molecule has 3 fully saturated rings. The lowest BCUT2D eigenvalue weighted by Crippen LogP contribution is -2.53. The highest BCUT2D eigenvalue weighted by Gasteiger charge is 2.45. The third kappa shape index (κ3) is 4.85. The van der Waals surface area contributed by atoms with Crippen molar-refractivity contribution in [2.45, 2.75) is 76.7 Å². The second-order valence-electron chi connectivity index (χ2n) is 9.63. The topological polar surface area (TPSA) is 36.0 Å². The molecule has 1 spiro atoms. The number of benzene rings is 1. The fraction of sp³-hybridized carbons (Fsp3) is 0.708. The van der Waals surface area contributed by atoms with Gasteiger partial charge in [-0.3, -0.25) is 4.90 Å². The van der Waals surface area contributed by atoms with E-state index in [1.807, 2.05) is 0 Å². The molecule has 178 valence electrons. The molecule has 3 aliphatic rings. The van der Waals surface area contributed by atoms with Crippen molar-refractivity contribution in [3.05, 3.63) is 29.3 Å². The summed E-state index contributed by atoms with van der Waals surface area (Å²) in [6.07, 6.45) is -1.28. The van der Waals surface area contributed by atoms with Crippen LogP contribution >= 0.6 is 0 Å². The van der Waals surface area contributed by atoms with Gasteiger partial charge in [0.15, 0.2) is 6.10 Å². The second-order valence-corrected chi connectivity index (χ2v) is 9.63. The van der Waals surface area contributed by atoms with E-state index in [4.69, 9.17) is 0 Å². The number of carbonyl (C=O) groups excluding carboxylic acids is 1. The number of nitrogens with zero attached hydrogens (tertiary/aromatic N) is 3. The van der Waals surface area contributed by atoms with Crippen LogP contribution in [0.4, 0.5) is 23.7 Å². The number of piperidine rings is 1. The minimum atomic E-state index is -4.53. The lowest BCUT2D eigenvalue weighted by molar-refractivity contribution is -0.200. The largest absolute Gasteiger partial charge is 0.437 e. The van der Waals surface area contributed by atoms with Gasteiger partial charge in [-0.05, 0) is 76.1 Å². The predicted molar refractivity (Wildman–Crippen MR) is 118 cm³/mol. The van der Waals surface area contributed by atoms with Gasteiger partial charge in [-0.2, -0.15) is 13.2 Å². The maximum absolute atomic E-state index is 12.7. The van der Waals surface area contributed by atoms with Gasteiger partial charge in [-0.1, -0.05) is 12.1 Å². The van der Waals surface area contributed by atoms with Crippen LogP contribution in [0.5, 0.6) is 0 Å². The molecule has 1 aromatic rings. The van der Waals surface area contributed by atoms with Gasteiger partial charge in [0, 0.05) is 44.0 Å². The van der Waals surface area contributed by atoms with E-state index in [1.165, 1.54) is 34.6 Å². The Morgan fingerprint density at radius 3 is 2.41 bits per heavy atom. The van der Waals surface area contributed by atoms with Crippen molar-refractivity contribution in [3.63, 3.8) is 0 Å². The van der Waals surface area contributed by atoms with E-state index < -0.39 is 18.4 Å². The minimum absolute atomic E-state index is 0.0135. The Hall–Kier alpha value is -1.96. The smallest absolute Gasteiger partial charge is 0.425 e. The molecule has 4 rings (SSSR count). The normalized spacial score (nSPS) is 22.5. The Morgan fingerprint density at radius 2 is 1.75 bits per heavy atom. The van der Waals surface area contributed by atoms with Crippen molar-refractivity contribution in [2.75, 3.05) is 37.6 Å². The fourth-order valence-corrected chi connectivity index (χ4v) is 5.47. The molecule has 32 heavy (non-hydrogen) atoms. The predicted octanol–water partition coefficient (Wildman–Crippen LogP) is 5.11. The third-order valence-electron chi connectivity index (χ3n) is 7.48. The zero-order valence-corrected chi connectivity index (χ0v) is 19.1. The first kappa shape index (κ1) is 23.2. The number of aryl methyl sites for hydroxylation is 1. The van der Waals surface area contributed by atoms with Gasteiger partial charge in [0.2, 0.25) is 0 Å². The van der Waals surface area contributed by atoms with Gasteiger partial charge in [-0.25, -0.2) is 4.79 Å². The minimum Gasteiger partial charge on any atom is -0.437 e.